The number of ether oxygens (including phenoxy) is 1. The van der Waals surface area contributed by atoms with Crippen LogP contribution in [0.5, 0.6) is 5.75 Å². The minimum atomic E-state index is -0.364. The van der Waals surface area contributed by atoms with Crippen LogP contribution in [0.1, 0.15) is 20.8 Å². The normalized spacial score (nSPS) is 11.2. The van der Waals surface area contributed by atoms with Crippen LogP contribution < -0.4 is 4.74 Å². The number of nitrogens with zero attached hydrogens (tertiary/aromatic N) is 2. The molecule has 0 radical (unpaired) electrons. The van der Waals surface area contributed by atoms with Gasteiger partial charge in [0, 0.05) is 27.5 Å². The minimum absolute atomic E-state index is 0.364. The lowest BCUT2D eigenvalue weighted by Gasteiger charge is -2.10. The van der Waals surface area contributed by atoms with Crippen molar-refractivity contribution >= 4 is 55.1 Å². The molecule has 4 nitrogen and oxygen atoms in total. The first-order valence-corrected chi connectivity index (χ1v) is 10.5. The van der Waals surface area contributed by atoms with Crippen LogP contribution in [0.2, 0.25) is 5.02 Å². The van der Waals surface area contributed by atoms with E-state index in [9.17, 15) is 4.79 Å². The van der Waals surface area contributed by atoms with Crippen molar-refractivity contribution in [3.05, 3.63) is 68.0 Å². The molecule has 28 heavy (non-hydrogen) atoms. The van der Waals surface area contributed by atoms with E-state index in [1.54, 1.807) is 4.68 Å². The largest absolute Gasteiger partial charge is 0.422 e. The van der Waals surface area contributed by atoms with Gasteiger partial charge in [0.25, 0.3) is 0 Å². The number of esters is 1. The summed E-state index contributed by atoms with van der Waals surface area (Å²) in [5.74, 6) is 0.235. The highest BCUT2D eigenvalue weighted by molar-refractivity contribution is 9.10. The number of fused-ring (bicyclic) bond motifs is 1. The average Bonchev–Trinajstić information content (AvgIpc) is 3.20. The fraction of sp³-hybridized carbons (Fsp3) is 0.143. The number of thiophene rings is 1. The molecular weight excluding hydrogens is 460 g/mol. The van der Waals surface area contributed by atoms with Crippen LogP contribution >= 0.6 is 38.9 Å². The monoisotopic (exact) mass is 474 g/mol. The lowest BCUT2D eigenvalue weighted by Crippen LogP contribution is -2.08. The second-order valence-corrected chi connectivity index (χ2v) is 8.95. The Morgan fingerprint density at radius 3 is 2.43 bits per heavy atom. The quantitative estimate of drug-likeness (QED) is 0.249. The molecule has 142 valence electrons. The Hall–Kier alpha value is -2.15. The number of carbonyl (C=O) groups is 1. The molecule has 4 aromatic rings. The van der Waals surface area contributed by atoms with E-state index >= 15 is 0 Å². The maximum atomic E-state index is 12.8. The molecule has 0 spiro atoms. The Kier molecular flexibility index (Phi) is 5.04. The average molecular weight is 476 g/mol. The van der Waals surface area contributed by atoms with Gasteiger partial charge in [-0.05, 0) is 55.3 Å². The smallest absolute Gasteiger partial charge is 0.353 e. The highest BCUT2D eigenvalue weighted by Gasteiger charge is 2.20. The summed E-state index contributed by atoms with van der Waals surface area (Å²) < 4.78 is 8.47. The van der Waals surface area contributed by atoms with Crippen LogP contribution in [-0.4, -0.2) is 15.7 Å². The molecule has 0 N–H and O–H groups in total. The molecule has 0 aliphatic carbocycles. The van der Waals surface area contributed by atoms with Crippen LogP contribution in [0.15, 0.2) is 46.9 Å². The molecule has 0 bridgehead atoms. The third-order valence-corrected chi connectivity index (χ3v) is 6.34. The van der Waals surface area contributed by atoms with Gasteiger partial charge in [0.1, 0.15) is 21.2 Å². The molecule has 0 aliphatic rings. The lowest BCUT2D eigenvalue weighted by atomic mass is 10.1. The van der Waals surface area contributed by atoms with Crippen molar-refractivity contribution in [3.63, 3.8) is 0 Å². The molecule has 0 unspecified atom stereocenters. The maximum Gasteiger partial charge on any atom is 0.353 e. The van der Waals surface area contributed by atoms with Crippen LogP contribution in [0, 0.1) is 13.8 Å². The Balaban J connectivity index is 1.71. The zero-order chi connectivity index (χ0) is 20.0. The Morgan fingerprint density at radius 1 is 1.14 bits per heavy atom. The number of benzene rings is 2. The molecule has 0 saturated heterocycles. The number of carbonyl (C=O) groups excluding carboxylic acids is 1. The zero-order valence-electron chi connectivity index (χ0n) is 15.4. The van der Waals surface area contributed by atoms with E-state index in [-0.39, 0.29) is 5.97 Å². The first-order chi connectivity index (χ1) is 13.3. The van der Waals surface area contributed by atoms with E-state index in [1.165, 1.54) is 11.3 Å². The van der Waals surface area contributed by atoms with Gasteiger partial charge in [0.05, 0.1) is 0 Å². The highest BCUT2D eigenvalue weighted by atomic mass is 79.9. The molecule has 2 aromatic carbocycles. The fourth-order valence-corrected chi connectivity index (χ4v) is 4.93. The number of halogens is 2. The predicted octanol–water partition coefficient (Wildman–Crippen LogP) is 6.55. The Labute approximate surface area is 179 Å². The van der Waals surface area contributed by atoms with E-state index in [4.69, 9.17) is 16.3 Å². The first kappa shape index (κ1) is 19.2. The molecule has 0 atom stereocenters. The fourth-order valence-electron chi connectivity index (χ4n) is 3.16. The standard InChI is InChI=1S/C21H16BrClN2O2S/c1-11-8-14(22)9-12(2)19(11)27-21(26)17-10-16-18(24-25(3)20(16)28-17)13-4-6-15(23)7-5-13/h4-10H,1-3H3. The van der Waals surface area contributed by atoms with Crippen molar-refractivity contribution in [3.8, 4) is 17.0 Å². The molecular formula is C21H16BrClN2O2S. The van der Waals surface area contributed by atoms with Crippen LogP contribution in [0.25, 0.3) is 21.5 Å². The third kappa shape index (κ3) is 3.48. The van der Waals surface area contributed by atoms with Gasteiger partial charge in [-0.15, -0.1) is 11.3 Å². The second-order valence-electron chi connectivity index (χ2n) is 6.57. The summed E-state index contributed by atoms with van der Waals surface area (Å²) in [6.07, 6.45) is 0. The molecule has 0 amide bonds. The van der Waals surface area contributed by atoms with Crippen LogP contribution in [-0.2, 0) is 7.05 Å². The predicted molar refractivity (Wildman–Crippen MR) is 118 cm³/mol. The van der Waals surface area contributed by atoms with Crippen LogP contribution in [0.3, 0.4) is 0 Å². The first-order valence-electron chi connectivity index (χ1n) is 8.55. The lowest BCUT2D eigenvalue weighted by molar-refractivity contribution is 0.0737. The maximum absolute atomic E-state index is 12.8. The van der Waals surface area contributed by atoms with Crippen molar-refractivity contribution in [2.45, 2.75) is 13.8 Å². The topological polar surface area (TPSA) is 44.1 Å². The summed E-state index contributed by atoms with van der Waals surface area (Å²) in [4.78, 5) is 14.3. The zero-order valence-corrected chi connectivity index (χ0v) is 18.6. The molecule has 4 rings (SSSR count). The summed E-state index contributed by atoms with van der Waals surface area (Å²) in [7, 11) is 1.87. The summed E-state index contributed by atoms with van der Waals surface area (Å²) in [5.41, 5.74) is 3.59. The molecule has 0 fully saturated rings. The van der Waals surface area contributed by atoms with Crippen molar-refractivity contribution in [1.29, 1.82) is 0 Å². The van der Waals surface area contributed by atoms with E-state index in [1.807, 2.05) is 63.4 Å². The van der Waals surface area contributed by atoms with E-state index < -0.39 is 0 Å². The van der Waals surface area contributed by atoms with Gasteiger partial charge in [-0.2, -0.15) is 5.10 Å². The highest BCUT2D eigenvalue weighted by Crippen LogP contribution is 2.35. The molecule has 7 heteroatoms. The number of aryl methyl sites for hydroxylation is 3. The van der Waals surface area contributed by atoms with Gasteiger partial charge in [-0.25, -0.2) is 4.79 Å². The van der Waals surface area contributed by atoms with Gasteiger partial charge in [-0.1, -0.05) is 39.7 Å². The van der Waals surface area contributed by atoms with Gasteiger partial charge in [-0.3, -0.25) is 4.68 Å². The Bertz CT molecular complexity index is 1190. The summed E-state index contributed by atoms with van der Waals surface area (Å²) in [6.45, 7) is 3.85. The molecule has 0 saturated carbocycles. The Morgan fingerprint density at radius 2 is 1.79 bits per heavy atom. The SMILES string of the molecule is Cc1cc(Br)cc(C)c1OC(=O)c1cc2c(-c3ccc(Cl)cc3)nn(C)c2s1. The number of hydrogen-bond acceptors (Lipinski definition) is 4. The van der Waals surface area contributed by atoms with Gasteiger partial charge >= 0.3 is 5.97 Å². The molecule has 2 aromatic heterocycles. The number of aromatic nitrogens is 2. The summed E-state index contributed by atoms with van der Waals surface area (Å²) in [6, 6.07) is 13.2. The van der Waals surface area contributed by atoms with Gasteiger partial charge < -0.3 is 4.74 Å². The third-order valence-electron chi connectivity index (χ3n) is 4.45. The van der Waals surface area contributed by atoms with Crippen LogP contribution in [0.4, 0.5) is 0 Å². The number of hydrogen-bond donors (Lipinski definition) is 0. The number of rotatable bonds is 3. The van der Waals surface area contributed by atoms with E-state index in [0.717, 1.165) is 37.1 Å². The van der Waals surface area contributed by atoms with Gasteiger partial charge in [0.2, 0.25) is 0 Å². The van der Waals surface area contributed by atoms with E-state index in [0.29, 0.717) is 15.6 Å². The van der Waals surface area contributed by atoms with Crippen molar-refractivity contribution in [1.82, 2.24) is 9.78 Å². The minimum Gasteiger partial charge on any atom is -0.422 e. The second kappa shape index (κ2) is 7.35. The summed E-state index contributed by atoms with van der Waals surface area (Å²) >= 11 is 10.8. The molecule has 0 aliphatic heterocycles. The van der Waals surface area contributed by atoms with Crippen molar-refractivity contribution in [2.24, 2.45) is 7.05 Å². The van der Waals surface area contributed by atoms with E-state index in [2.05, 4.69) is 21.0 Å². The summed E-state index contributed by atoms with van der Waals surface area (Å²) in [5, 5.41) is 6.19. The van der Waals surface area contributed by atoms with Gasteiger partial charge in [0.15, 0.2) is 0 Å². The molecule has 2 heterocycles. The van der Waals surface area contributed by atoms with Crippen molar-refractivity contribution < 1.29 is 9.53 Å². The van der Waals surface area contributed by atoms with Crippen molar-refractivity contribution in [2.75, 3.05) is 0 Å².